The van der Waals surface area contributed by atoms with Gasteiger partial charge >= 0.3 is 7.12 Å². The fraction of sp³-hybridized carbons (Fsp3) is 0.0462. The highest BCUT2D eigenvalue weighted by molar-refractivity contribution is 6.62. The van der Waals surface area contributed by atoms with Crippen molar-refractivity contribution in [3.63, 3.8) is 0 Å². The van der Waals surface area contributed by atoms with Crippen molar-refractivity contribution in [1.29, 1.82) is 0 Å². The van der Waals surface area contributed by atoms with Crippen LogP contribution in [0.5, 0.6) is 0 Å². The number of fused-ring (bicyclic) bond motifs is 12. The number of hydrogen-bond acceptors (Lipinski definition) is 6. The Hall–Kier alpha value is -17.4. The summed E-state index contributed by atoms with van der Waals surface area (Å²) in [5.74, 6) is 0.692. The Kier molecular flexibility index (Phi) is 21.7. The second kappa shape index (κ2) is 35.8. The van der Waals surface area contributed by atoms with Crippen LogP contribution in [0.4, 0.5) is 0 Å². The summed E-state index contributed by atoms with van der Waals surface area (Å²) in [6, 6.07) is 173. The molecule has 1 aliphatic rings. The first-order valence-electron chi connectivity index (χ1n) is 48.3. The van der Waals surface area contributed by atoms with Crippen LogP contribution in [0.25, 0.3) is 232 Å². The predicted molar refractivity (Wildman–Crippen MR) is 593 cm³/mol. The van der Waals surface area contributed by atoms with Crippen LogP contribution in [-0.4, -0.2) is 56.5 Å². The maximum absolute atomic E-state index is 6.52. The van der Waals surface area contributed by atoms with Gasteiger partial charge in [-0.2, -0.15) is 0 Å². The third-order valence-corrected chi connectivity index (χ3v) is 28.7. The molecule has 20 aromatic carbocycles. The van der Waals surface area contributed by atoms with Gasteiger partial charge in [-0.3, -0.25) is 0 Å². The number of nitrogens with zero attached hydrogens (tertiary/aromatic N) is 8. The molecule has 1 aliphatic heterocycles. The predicted octanol–water partition coefficient (Wildman–Crippen LogP) is 33.3. The van der Waals surface area contributed by atoms with E-state index in [2.05, 4.69) is 517 Å². The molecule has 7 heterocycles. The van der Waals surface area contributed by atoms with E-state index in [1.165, 1.54) is 98.7 Å². The van der Waals surface area contributed by atoms with E-state index in [1.54, 1.807) is 0 Å². The van der Waals surface area contributed by atoms with Gasteiger partial charge < -0.3 is 27.6 Å². The summed E-state index contributed by atoms with van der Waals surface area (Å²) in [5.41, 5.74) is 32.3. The molecule has 6 aromatic heterocycles. The molecule has 0 N–H and O–H groups in total. The van der Waals surface area contributed by atoms with Gasteiger partial charge in [0.1, 0.15) is 0 Å². The van der Waals surface area contributed by atoms with Gasteiger partial charge in [-0.1, -0.05) is 364 Å². The second-order valence-electron chi connectivity index (χ2n) is 37.6. The molecule has 0 saturated carbocycles. The molecule has 0 aliphatic carbocycles. The summed E-state index contributed by atoms with van der Waals surface area (Å²) in [5, 5.41) is 14.3. The highest BCUT2D eigenvalue weighted by Crippen LogP contribution is 2.46. The SMILES string of the molecule is CC1(C)OB(c2ccc3c(c2)c2cc4c(cc(-c5ccccc5)n4-c4ccccc4)cc2n3-c2ccc(-c3ccccc3)cc2)OC1(C)C.Clc1nc(-c2ccc(-c3cccc4ccccc34)cc2)c2ccccc2n1.c1ccc(-c2ccc(-n3c4ccc(-c5nc(-c6ccc(-c7cccc8ccccc78)cc6)c6ccccc6n5)cc4c4cc5c(cc(-c6ccccc6)n5-c5ccccc5)cc43)cc2)cc1. The molecule has 0 amide bonds. The fourth-order valence-electron chi connectivity index (χ4n) is 20.8. The maximum Gasteiger partial charge on any atom is 0.494 e. The van der Waals surface area contributed by atoms with E-state index in [9.17, 15) is 0 Å². The minimum atomic E-state index is -0.445. The number of aromatic nitrogens is 8. The molecular weight excluding hydrogens is 1750 g/mol. The van der Waals surface area contributed by atoms with Crippen molar-refractivity contribution >= 4 is 133 Å². The van der Waals surface area contributed by atoms with Crippen molar-refractivity contribution < 1.29 is 9.31 Å². The Morgan fingerprint density at radius 1 is 0.218 bits per heavy atom. The molecule has 0 atom stereocenters. The Bertz CT molecular complexity index is 9290. The molecule has 142 heavy (non-hydrogen) atoms. The molecule has 26 aromatic rings. The monoisotopic (exact) mass is 1840 g/mol. The van der Waals surface area contributed by atoms with E-state index in [0.717, 1.165) is 133 Å². The summed E-state index contributed by atoms with van der Waals surface area (Å²) in [4.78, 5) is 19.4. The number of benzene rings is 20. The lowest BCUT2D eigenvalue weighted by atomic mass is 9.78. The van der Waals surface area contributed by atoms with Gasteiger partial charge in [0.05, 0.1) is 78.1 Å². The van der Waals surface area contributed by atoms with Crippen molar-refractivity contribution in [2.45, 2.75) is 38.9 Å². The number of rotatable bonds is 14. The van der Waals surface area contributed by atoms with Crippen molar-refractivity contribution in [3.8, 4) is 124 Å². The third kappa shape index (κ3) is 15.7. The van der Waals surface area contributed by atoms with Crippen molar-refractivity contribution in [2.75, 3.05) is 0 Å². The van der Waals surface area contributed by atoms with Gasteiger partial charge in [-0.25, -0.2) is 19.9 Å². The topological polar surface area (TPSA) is 89.7 Å². The van der Waals surface area contributed by atoms with Crippen LogP contribution in [0.2, 0.25) is 5.28 Å². The molecule has 1 fully saturated rings. The van der Waals surface area contributed by atoms with E-state index >= 15 is 0 Å². The lowest BCUT2D eigenvalue weighted by molar-refractivity contribution is 0.00578. The lowest BCUT2D eigenvalue weighted by Gasteiger charge is -2.32. The highest BCUT2D eigenvalue weighted by atomic mass is 35.5. The van der Waals surface area contributed by atoms with Crippen LogP contribution in [0.15, 0.2) is 485 Å². The smallest absolute Gasteiger partial charge is 0.399 e. The minimum absolute atomic E-state index is 0.266. The van der Waals surface area contributed by atoms with Crippen LogP contribution in [0, 0.1) is 0 Å². The van der Waals surface area contributed by atoms with Crippen molar-refractivity contribution in [1.82, 2.24) is 38.2 Å². The molecule has 27 rings (SSSR count). The molecule has 0 radical (unpaired) electrons. The summed E-state index contributed by atoms with van der Waals surface area (Å²) in [7, 11) is -0.445. The lowest BCUT2D eigenvalue weighted by Crippen LogP contribution is -2.41. The summed E-state index contributed by atoms with van der Waals surface area (Å²) >= 11 is 6.14. The van der Waals surface area contributed by atoms with Crippen LogP contribution in [-0.2, 0) is 9.31 Å². The number of hydrogen-bond donors (Lipinski definition) is 0. The normalized spacial score (nSPS) is 12.9. The molecule has 0 spiro atoms. The van der Waals surface area contributed by atoms with Gasteiger partial charge in [-0.05, 0) is 243 Å². The second-order valence-corrected chi connectivity index (χ2v) is 37.9. The van der Waals surface area contributed by atoms with Gasteiger partial charge in [0.15, 0.2) is 5.82 Å². The summed E-state index contributed by atoms with van der Waals surface area (Å²) in [6.07, 6.45) is 0. The first-order valence-corrected chi connectivity index (χ1v) is 48.7. The fourth-order valence-corrected chi connectivity index (χ4v) is 20.9. The first-order chi connectivity index (χ1) is 69.8. The third-order valence-electron chi connectivity index (χ3n) is 28.5. The Balaban J connectivity index is 0.000000122. The van der Waals surface area contributed by atoms with Crippen LogP contribution < -0.4 is 5.46 Å². The average Bonchev–Trinajstić information content (AvgIpc) is 1.56. The van der Waals surface area contributed by atoms with Gasteiger partial charge in [0.25, 0.3) is 0 Å². The Morgan fingerprint density at radius 2 is 0.556 bits per heavy atom. The van der Waals surface area contributed by atoms with E-state index in [4.69, 9.17) is 30.9 Å². The number of halogens is 1. The number of para-hydroxylation sites is 4. The standard InChI is InChI=1S/C62H40N4.C44H37BN2O2.C24H15ClN2/c1-4-15-41(16-5-1)42-31-34-50(35-32-42)65-57-36-33-47(37-54(57)55-40-59-48(39-60(55)65)38-58(45-18-6-2-7-19-45)66(59)49-21-8-3-9-22-49)62-63-56-26-13-12-24-53(56)61(64-62)46-29-27-44(28-30-46)52-25-14-20-43-17-10-11-23-51(43)52;1-43(2)44(3,4)49-45(48-43)34-22-25-39-37(28-34)38-29-41-33(26-40(32-16-10-6-11-17-32)47(41)35-18-12-7-13-19-35)27-42(38)46(39)36-23-20-31(21-24-36)30-14-8-5-9-15-30;25-24-26-22-11-4-3-9-21(22)23(27-24)18-14-12-17(13-15-18)20-10-5-7-16-6-1-2-8-19(16)20/h1-40H;5-29H,1-4H3;1-15H. The summed E-state index contributed by atoms with van der Waals surface area (Å²) in [6.45, 7) is 8.43. The van der Waals surface area contributed by atoms with Crippen LogP contribution >= 0.6 is 11.6 Å². The molecule has 674 valence electrons. The maximum atomic E-state index is 6.52. The molecule has 1 saturated heterocycles. The van der Waals surface area contributed by atoms with Crippen molar-refractivity contribution in [3.05, 3.63) is 491 Å². The molecule has 12 heteroatoms. The zero-order chi connectivity index (χ0) is 95.1. The van der Waals surface area contributed by atoms with Gasteiger partial charge in [0.2, 0.25) is 5.28 Å². The Labute approximate surface area is 827 Å². The molecule has 0 unspecified atom stereocenters. The highest BCUT2D eigenvalue weighted by Gasteiger charge is 2.52. The van der Waals surface area contributed by atoms with Gasteiger partial charge in [0, 0.05) is 82.5 Å². The van der Waals surface area contributed by atoms with E-state index in [0.29, 0.717) is 5.82 Å². The first kappa shape index (κ1) is 86.2. The zero-order valence-electron chi connectivity index (χ0n) is 78.5. The minimum Gasteiger partial charge on any atom is -0.399 e. The van der Waals surface area contributed by atoms with E-state index < -0.39 is 18.3 Å². The average molecular weight is 1840 g/mol. The molecule has 10 nitrogen and oxygen atoms in total. The molecule has 0 bridgehead atoms. The zero-order valence-corrected chi connectivity index (χ0v) is 79.3. The Morgan fingerprint density at radius 3 is 1.01 bits per heavy atom. The molecular formula is C130H92BClN8O2. The van der Waals surface area contributed by atoms with Gasteiger partial charge in [-0.15, -0.1) is 0 Å². The summed E-state index contributed by atoms with van der Waals surface area (Å²) < 4.78 is 22.6. The van der Waals surface area contributed by atoms with E-state index in [1.807, 2.05) is 24.3 Å². The largest absolute Gasteiger partial charge is 0.494 e. The van der Waals surface area contributed by atoms with Crippen LogP contribution in [0.3, 0.4) is 0 Å². The quantitative estimate of drug-likeness (QED) is 0.0796. The van der Waals surface area contributed by atoms with Crippen molar-refractivity contribution in [2.24, 2.45) is 0 Å². The van der Waals surface area contributed by atoms with Crippen LogP contribution in [0.1, 0.15) is 27.7 Å². The van der Waals surface area contributed by atoms with E-state index in [-0.39, 0.29) is 5.28 Å².